The van der Waals surface area contributed by atoms with Crippen LogP contribution in [0.2, 0.25) is 5.02 Å². The third-order valence-corrected chi connectivity index (χ3v) is 9.61. The van der Waals surface area contributed by atoms with E-state index in [1.807, 2.05) is 0 Å². The highest BCUT2D eigenvalue weighted by Gasteiger charge is 2.38. The van der Waals surface area contributed by atoms with Gasteiger partial charge in [-0.25, -0.2) is 19.0 Å². The Bertz CT molecular complexity index is 1770. The number of hydrogen-bond donors (Lipinski definition) is 3. The fourth-order valence-electron chi connectivity index (χ4n) is 6.44. The van der Waals surface area contributed by atoms with Crippen LogP contribution in [0.15, 0.2) is 36.5 Å². The Morgan fingerprint density at radius 2 is 1.66 bits per heavy atom. The van der Waals surface area contributed by atoms with Crippen LogP contribution in [-0.2, 0) is 11.8 Å². The normalized spacial score (nSPS) is 15.9. The number of urea groups is 1. The number of carbonyl (C=O) groups excluding carboxylic acids is 3. The Morgan fingerprint density at radius 3 is 2.28 bits per heavy atom. The summed E-state index contributed by atoms with van der Waals surface area (Å²) in [5.74, 6) is -4.46. The highest BCUT2D eigenvalue weighted by Crippen LogP contribution is 2.30. The van der Waals surface area contributed by atoms with Crippen molar-refractivity contribution >= 4 is 41.1 Å². The molecule has 17 heteroatoms. The lowest BCUT2D eigenvalue weighted by Gasteiger charge is -2.45. The minimum absolute atomic E-state index is 0.000614. The molecule has 0 atom stereocenters. The first-order chi connectivity index (χ1) is 23.9. The molecule has 5 rings (SSSR count). The van der Waals surface area contributed by atoms with Gasteiger partial charge in [-0.05, 0) is 36.9 Å². The molecule has 0 unspecified atom stereocenters. The van der Waals surface area contributed by atoms with Crippen molar-refractivity contribution in [2.45, 2.75) is 6.42 Å². The zero-order valence-corrected chi connectivity index (χ0v) is 28.6. The molecule has 2 fully saturated rings. The van der Waals surface area contributed by atoms with E-state index in [4.69, 9.17) is 22.1 Å². The lowest BCUT2D eigenvalue weighted by molar-refractivity contribution is -0.924. The molecule has 2 aliphatic rings. The molecule has 4 amide bonds. The van der Waals surface area contributed by atoms with E-state index in [0.29, 0.717) is 76.4 Å². The van der Waals surface area contributed by atoms with Crippen molar-refractivity contribution in [2.24, 2.45) is 12.8 Å². The van der Waals surface area contributed by atoms with Gasteiger partial charge in [0.2, 0.25) is 5.82 Å². The summed E-state index contributed by atoms with van der Waals surface area (Å²) in [6.07, 6.45) is 1.97. The van der Waals surface area contributed by atoms with Crippen LogP contribution in [0.5, 0.6) is 5.75 Å². The van der Waals surface area contributed by atoms with Crippen molar-refractivity contribution in [1.29, 1.82) is 0 Å². The number of imidazole rings is 1. The van der Waals surface area contributed by atoms with Gasteiger partial charge in [0.1, 0.15) is 0 Å². The predicted octanol–water partition coefficient (Wildman–Crippen LogP) is 2.72. The number of amides is 4. The number of rotatable bonds is 10. The number of anilines is 1. The molecular formula is C33H40ClF2N8O6+. The van der Waals surface area contributed by atoms with Gasteiger partial charge in [-0.3, -0.25) is 9.59 Å². The number of aromatic nitrogens is 2. The van der Waals surface area contributed by atoms with E-state index in [9.17, 15) is 33.1 Å². The minimum Gasteiger partial charge on any atom is -0.494 e. The molecule has 4 N–H and O–H groups in total. The topological polar surface area (TPSA) is 163 Å². The van der Waals surface area contributed by atoms with Crippen LogP contribution >= 0.6 is 11.6 Å². The third kappa shape index (κ3) is 7.66. The van der Waals surface area contributed by atoms with Crippen molar-refractivity contribution < 1.29 is 42.3 Å². The van der Waals surface area contributed by atoms with Gasteiger partial charge < -0.3 is 44.6 Å². The Hall–Kier alpha value is -4.80. The van der Waals surface area contributed by atoms with Crippen LogP contribution in [0.25, 0.3) is 11.3 Å². The molecule has 1 aromatic heterocycles. The summed E-state index contributed by atoms with van der Waals surface area (Å²) in [4.78, 5) is 60.3. The average Bonchev–Trinajstić information content (AvgIpc) is 3.49. The number of carboxylic acids is 1. The summed E-state index contributed by atoms with van der Waals surface area (Å²) < 4.78 is 35.5. The quantitative estimate of drug-likeness (QED) is 0.270. The van der Waals surface area contributed by atoms with Gasteiger partial charge in [0.05, 0.1) is 62.3 Å². The zero-order chi connectivity index (χ0) is 36.2. The highest BCUT2D eigenvalue weighted by atomic mass is 35.5. The van der Waals surface area contributed by atoms with E-state index in [1.54, 1.807) is 14.7 Å². The SMILES string of the molecule is COc1ccc(-c2cnc(C(=O)Nc3ccc(C(=O)N4CCN(C(=O)N5CC[N+](CCCN)(CC(=O)O)CC5)CC4)c(Cl)c3)n2C)c(F)c1F. The number of halogens is 3. The number of carbonyl (C=O) groups is 4. The molecule has 0 spiro atoms. The lowest BCUT2D eigenvalue weighted by atomic mass is 10.1. The van der Waals surface area contributed by atoms with Crippen molar-refractivity contribution in [3.05, 3.63) is 64.6 Å². The Labute approximate surface area is 292 Å². The number of piperazine rings is 2. The van der Waals surface area contributed by atoms with Crippen LogP contribution in [0, 0.1) is 11.6 Å². The molecule has 0 aliphatic carbocycles. The molecule has 3 aromatic rings. The van der Waals surface area contributed by atoms with Gasteiger partial charge in [0.25, 0.3) is 11.8 Å². The average molecular weight is 718 g/mol. The summed E-state index contributed by atoms with van der Waals surface area (Å²) in [7, 11) is 2.72. The number of nitrogens with zero attached hydrogens (tertiary/aromatic N) is 6. The zero-order valence-electron chi connectivity index (χ0n) is 27.8. The van der Waals surface area contributed by atoms with Gasteiger partial charge >= 0.3 is 12.0 Å². The summed E-state index contributed by atoms with van der Waals surface area (Å²) in [5.41, 5.74) is 6.24. The summed E-state index contributed by atoms with van der Waals surface area (Å²) >= 11 is 6.49. The maximum atomic E-state index is 14.7. The molecule has 2 saturated heterocycles. The maximum Gasteiger partial charge on any atom is 0.359 e. The molecule has 2 aromatic carbocycles. The summed E-state index contributed by atoms with van der Waals surface area (Å²) in [6.45, 7) is 4.34. The van der Waals surface area contributed by atoms with Gasteiger partial charge in [-0.1, -0.05) is 11.6 Å². The van der Waals surface area contributed by atoms with Crippen molar-refractivity contribution in [3.63, 3.8) is 0 Å². The first-order valence-electron chi connectivity index (χ1n) is 16.1. The number of benzene rings is 2. The van der Waals surface area contributed by atoms with Gasteiger partial charge in [-0.15, -0.1) is 0 Å². The Kier molecular flexibility index (Phi) is 11.2. The standard InChI is InChI=1S/C33H39ClF2N8O6/c1-40-25(23-6-7-26(50-2)29(36)28(23)35)19-38-30(40)31(47)39-21-4-5-22(24(34)18-21)32(48)41-9-11-42(12-10-41)33(49)43-13-16-44(17-14-43,15-3-8-37)20-27(45)46/h4-7,18-19H,3,8-17,20,37H2,1-2H3,(H-,39,45,46,47,48)/p+1. The number of ether oxygens (including phenoxy) is 1. The van der Waals surface area contributed by atoms with Crippen LogP contribution in [0.3, 0.4) is 0 Å². The van der Waals surface area contributed by atoms with Gasteiger partial charge in [0.15, 0.2) is 23.9 Å². The van der Waals surface area contributed by atoms with E-state index < -0.39 is 23.5 Å². The number of aliphatic carboxylic acids is 1. The fourth-order valence-corrected chi connectivity index (χ4v) is 6.70. The number of methoxy groups -OCH3 is 1. The van der Waals surface area contributed by atoms with Crippen molar-refractivity contribution in [3.8, 4) is 17.0 Å². The van der Waals surface area contributed by atoms with Gasteiger partial charge in [0, 0.05) is 50.9 Å². The van der Waals surface area contributed by atoms with E-state index in [0.717, 1.165) is 0 Å². The second kappa shape index (κ2) is 15.4. The van der Waals surface area contributed by atoms with Crippen LogP contribution in [0.4, 0.5) is 19.3 Å². The van der Waals surface area contributed by atoms with E-state index >= 15 is 0 Å². The highest BCUT2D eigenvalue weighted by molar-refractivity contribution is 6.34. The minimum atomic E-state index is -1.16. The molecule has 0 bridgehead atoms. The van der Waals surface area contributed by atoms with Crippen molar-refractivity contribution in [1.82, 2.24) is 24.3 Å². The third-order valence-electron chi connectivity index (χ3n) is 9.30. The molecule has 50 heavy (non-hydrogen) atoms. The molecule has 3 heterocycles. The van der Waals surface area contributed by atoms with E-state index in [2.05, 4.69) is 10.3 Å². The molecule has 0 radical (unpaired) electrons. The molecule has 2 aliphatic heterocycles. The van der Waals surface area contributed by atoms with E-state index in [1.165, 1.54) is 55.3 Å². The first kappa shape index (κ1) is 36.5. The Balaban J connectivity index is 1.16. The number of carboxylic acid groups (broad SMARTS) is 1. The second-order valence-corrected chi connectivity index (χ2v) is 12.8. The molecular weight excluding hydrogens is 678 g/mol. The van der Waals surface area contributed by atoms with Crippen molar-refractivity contribution in [2.75, 3.05) is 84.4 Å². The Morgan fingerprint density at radius 1 is 1.00 bits per heavy atom. The number of hydrogen-bond acceptors (Lipinski definition) is 7. The number of nitrogens with one attached hydrogen (secondary N) is 1. The molecule has 268 valence electrons. The monoisotopic (exact) mass is 717 g/mol. The predicted molar refractivity (Wildman–Crippen MR) is 180 cm³/mol. The summed E-state index contributed by atoms with van der Waals surface area (Å²) in [6, 6.07) is 6.92. The van der Waals surface area contributed by atoms with Gasteiger partial charge in [-0.2, -0.15) is 4.39 Å². The summed E-state index contributed by atoms with van der Waals surface area (Å²) in [5, 5.41) is 12.2. The van der Waals surface area contributed by atoms with E-state index in [-0.39, 0.29) is 57.6 Å². The lowest BCUT2D eigenvalue weighted by Crippen LogP contribution is -2.64. The number of quaternary nitrogens is 1. The molecule has 14 nitrogen and oxygen atoms in total. The van der Waals surface area contributed by atoms with Crippen LogP contribution < -0.4 is 15.8 Å². The number of nitrogens with two attached hydrogens (primary N) is 1. The molecule has 0 saturated carbocycles. The largest absolute Gasteiger partial charge is 0.494 e. The first-order valence-corrected chi connectivity index (χ1v) is 16.5. The smallest absolute Gasteiger partial charge is 0.359 e. The maximum absolute atomic E-state index is 14.7. The van der Waals surface area contributed by atoms with Crippen LogP contribution in [0.1, 0.15) is 27.4 Å². The fraction of sp³-hybridized carbons (Fsp3) is 0.424. The second-order valence-electron chi connectivity index (χ2n) is 12.4. The van der Waals surface area contributed by atoms with Crippen LogP contribution in [-0.4, -0.2) is 137 Å².